The minimum atomic E-state index is -1.66. The molecule has 0 amide bonds. The predicted molar refractivity (Wildman–Crippen MR) is 193 cm³/mol. The summed E-state index contributed by atoms with van der Waals surface area (Å²) in [6.07, 6.45) is 11.7. The fraction of sp³-hybridized carbons (Fsp3) is 0.732. The van der Waals surface area contributed by atoms with Gasteiger partial charge < -0.3 is 43.7 Å². The molecule has 286 valence electrons. The first-order valence-electron chi connectivity index (χ1n) is 19.0. The molecule has 5 rings (SSSR count). The van der Waals surface area contributed by atoms with Crippen molar-refractivity contribution in [1.29, 1.82) is 0 Å². The van der Waals surface area contributed by atoms with Crippen molar-refractivity contribution in [3.8, 4) is 0 Å². The van der Waals surface area contributed by atoms with Gasteiger partial charge in [-0.15, -0.1) is 0 Å². The van der Waals surface area contributed by atoms with E-state index < -0.39 is 66.2 Å². The summed E-state index contributed by atoms with van der Waals surface area (Å²) in [6.45, 7) is 16.0. The number of methoxy groups -OCH3 is 1. The molecule has 2 bridgehead atoms. The molecule has 2 fully saturated rings. The molecule has 0 aromatic carbocycles. The largest absolute Gasteiger partial charge is 0.462 e. The highest BCUT2D eigenvalue weighted by Crippen LogP contribution is 2.44. The van der Waals surface area contributed by atoms with Crippen molar-refractivity contribution in [2.45, 2.75) is 160 Å². The second-order valence-corrected chi connectivity index (χ2v) is 15.9. The van der Waals surface area contributed by atoms with Crippen molar-refractivity contribution in [3.05, 3.63) is 59.3 Å². The van der Waals surface area contributed by atoms with Crippen molar-refractivity contribution in [2.24, 2.45) is 23.7 Å². The topological polar surface area (TPSA) is 133 Å². The van der Waals surface area contributed by atoms with Gasteiger partial charge in [-0.2, -0.15) is 0 Å². The number of carbonyl (C=O) groups excluding carboxylic acids is 1. The summed E-state index contributed by atoms with van der Waals surface area (Å²) in [7, 11) is 1.58. The molecule has 2 saturated heterocycles. The van der Waals surface area contributed by atoms with Crippen LogP contribution in [0, 0.1) is 23.7 Å². The summed E-state index contributed by atoms with van der Waals surface area (Å²) >= 11 is 0. The van der Waals surface area contributed by atoms with E-state index >= 15 is 0 Å². The van der Waals surface area contributed by atoms with Crippen LogP contribution < -0.4 is 0 Å². The zero-order valence-corrected chi connectivity index (χ0v) is 32.0. The minimum Gasteiger partial charge on any atom is -0.462 e. The van der Waals surface area contributed by atoms with Gasteiger partial charge >= 0.3 is 5.97 Å². The average Bonchev–Trinajstić information content (AvgIpc) is 3.09. The first-order chi connectivity index (χ1) is 24.1. The van der Waals surface area contributed by atoms with E-state index in [9.17, 15) is 20.1 Å². The van der Waals surface area contributed by atoms with Crippen molar-refractivity contribution >= 4 is 5.97 Å². The van der Waals surface area contributed by atoms with E-state index in [1.54, 1.807) is 33.1 Å². The van der Waals surface area contributed by atoms with Gasteiger partial charge in [0.05, 0.1) is 36.6 Å². The lowest BCUT2D eigenvalue weighted by Gasteiger charge is -2.48. The van der Waals surface area contributed by atoms with Crippen LogP contribution in [-0.2, 0) is 33.2 Å². The molecule has 51 heavy (non-hydrogen) atoms. The molecule has 0 aromatic heterocycles. The van der Waals surface area contributed by atoms with Gasteiger partial charge in [-0.1, -0.05) is 70.6 Å². The van der Waals surface area contributed by atoms with Crippen LogP contribution in [0.3, 0.4) is 0 Å². The summed E-state index contributed by atoms with van der Waals surface area (Å²) in [4.78, 5) is 14.1. The molecule has 1 spiro atoms. The predicted octanol–water partition coefficient (Wildman–Crippen LogP) is 5.85. The first-order valence-corrected chi connectivity index (χ1v) is 19.0. The molecule has 10 nitrogen and oxygen atoms in total. The summed E-state index contributed by atoms with van der Waals surface area (Å²) in [5.41, 5.74) is 0.490. The number of ether oxygens (including phenoxy) is 6. The third kappa shape index (κ3) is 8.81. The number of carbonyl (C=O) groups is 1. The number of hydrogen-bond acceptors (Lipinski definition) is 10. The van der Waals surface area contributed by atoms with Crippen molar-refractivity contribution < 1.29 is 48.5 Å². The lowest BCUT2D eigenvalue weighted by molar-refractivity contribution is -0.300. The number of esters is 1. The molecule has 5 aliphatic rings. The first kappa shape index (κ1) is 40.0. The number of aliphatic hydroxyl groups excluding tert-OH is 2. The third-order valence-corrected chi connectivity index (χ3v) is 12.0. The number of allylic oxidation sites excluding steroid dienone is 2. The number of rotatable bonds is 5. The Morgan fingerprint density at radius 2 is 1.75 bits per heavy atom. The van der Waals surface area contributed by atoms with E-state index in [0.717, 1.165) is 12.0 Å². The maximum Gasteiger partial charge on any atom is 0.316 e. The zero-order chi connectivity index (χ0) is 37.2. The normalized spacial score (nSPS) is 47.2. The van der Waals surface area contributed by atoms with Crippen molar-refractivity contribution in [3.63, 3.8) is 0 Å². The molecule has 0 saturated carbocycles. The lowest BCUT2D eigenvalue weighted by atomic mass is 9.71. The molecule has 1 aliphatic carbocycles. The molecule has 0 unspecified atom stereocenters. The van der Waals surface area contributed by atoms with Gasteiger partial charge in [0.2, 0.25) is 0 Å². The Morgan fingerprint density at radius 1 is 1.00 bits per heavy atom. The zero-order valence-electron chi connectivity index (χ0n) is 32.0. The van der Waals surface area contributed by atoms with Gasteiger partial charge in [-0.3, -0.25) is 4.79 Å². The Hall–Kier alpha value is -2.15. The SMILES string of the molecule is CC[C@H](C)[C@H]1O[C@]2(C=C[C@@H]1C)C[C@@H]1C[C@@H](C/C=C(\C)[C@@H](O[C@H]3C[C@H](OC)[C@@H](O)[C@H](C)O3)[C@@H](C)/C=C/C=C(\C)[C@]3(O)C[C@H](O)C(C)=C[C@H]3C(=O)O1)O2. The Kier molecular flexibility index (Phi) is 12.9. The molecule has 15 atom stereocenters. The van der Waals surface area contributed by atoms with Gasteiger partial charge in [0.25, 0.3) is 0 Å². The smallest absolute Gasteiger partial charge is 0.316 e. The highest BCUT2D eigenvalue weighted by molar-refractivity contribution is 5.78. The summed E-state index contributed by atoms with van der Waals surface area (Å²) in [5, 5.41) is 33.6. The Bertz CT molecular complexity index is 1380. The molecule has 0 aromatic rings. The molecule has 4 heterocycles. The van der Waals surface area contributed by atoms with Crippen LogP contribution in [0.5, 0.6) is 0 Å². The molecule has 3 N–H and O–H groups in total. The average molecular weight is 715 g/mol. The van der Waals surface area contributed by atoms with Crippen LogP contribution in [0.1, 0.15) is 93.9 Å². The van der Waals surface area contributed by atoms with E-state index in [1.165, 1.54) is 0 Å². The van der Waals surface area contributed by atoms with Gasteiger partial charge in [0, 0.05) is 44.6 Å². The van der Waals surface area contributed by atoms with Gasteiger partial charge in [-0.05, 0) is 62.8 Å². The second kappa shape index (κ2) is 16.5. The third-order valence-electron chi connectivity index (χ3n) is 12.0. The maximum atomic E-state index is 14.1. The van der Waals surface area contributed by atoms with Crippen LogP contribution in [0.2, 0.25) is 0 Å². The van der Waals surface area contributed by atoms with E-state index in [0.29, 0.717) is 42.7 Å². The van der Waals surface area contributed by atoms with E-state index in [4.69, 9.17) is 28.4 Å². The molecule has 10 heteroatoms. The van der Waals surface area contributed by atoms with Crippen LogP contribution in [0.25, 0.3) is 0 Å². The van der Waals surface area contributed by atoms with Crippen molar-refractivity contribution in [1.82, 2.24) is 0 Å². The Labute approximate surface area is 304 Å². The highest BCUT2D eigenvalue weighted by atomic mass is 16.7. The maximum absolute atomic E-state index is 14.1. The summed E-state index contributed by atoms with van der Waals surface area (Å²) < 4.78 is 38.3. The molecular weight excluding hydrogens is 652 g/mol. The monoisotopic (exact) mass is 714 g/mol. The lowest BCUT2D eigenvalue weighted by Crippen LogP contribution is -2.54. The molecule has 4 aliphatic heterocycles. The Balaban J connectivity index is 1.54. The second-order valence-electron chi connectivity index (χ2n) is 15.9. The standard InChI is InChI=1S/C41H62O10/c1-10-23(2)38-26(5)16-17-40(51-38)21-31-19-30(50-40)15-14-25(4)37(49-35-20-34(46-9)36(43)29(8)47-35)24(3)12-11-13-28(7)41(45)22-33(42)27(6)18-32(41)39(44)48-31/h11-14,16-18,23-24,26,29-38,42-43,45H,10,15,19-22H2,1-9H3/b12-11+,25-14+,28-13+/t23-,24-,26-,29-,30+,31-,32-,33-,34-,35-,36-,37-,38+,40+,41+/m0/s1. The van der Waals surface area contributed by atoms with E-state index in [-0.39, 0.29) is 30.5 Å². The minimum absolute atomic E-state index is 0.0290. The fourth-order valence-corrected chi connectivity index (χ4v) is 8.34. The van der Waals surface area contributed by atoms with Crippen LogP contribution in [0.15, 0.2) is 59.3 Å². The summed E-state index contributed by atoms with van der Waals surface area (Å²) in [6, 6.07) is 0. The van der Waals surface area contributed by atoms with E-state index in [2.05, 4.69) is 39.8 Å². The number of aliphatic hydroxyl groups is 3. The van der Waals surface area contributed by atoms with Gasteiger partial charge in [-0.25, -0.2) is 0 Å². The molecule has 0 radical (unpaired) electrons. The van der Waals surface area contributed by atoms with Crippen LogP contribution in [0.4, 0.5) is 0 Å². The van der Waals surface area contributed by atoms with Crippen LogP contribution >= 0.6 is 0 Å². The van der Waals surface area contributed by atoms with Crippen LogP contribution in [-0.4, -0.2) is 94.9 Å². The van der Waals surface area contributed by atoms with Gasteiger partial charge in [0.1, 0.15) is 23.7 Å². The number of hydrogen-bond donors (Lipinski definition) is 3. The summed E-state index contributed by atoms with van der Waals surface area (Å²) in [5.74, 6) is -2.25. The van der Waals surface area contributed by atoms with Crippen molar-refractivity contribution in [2.75, 3.05) is 7.11 Å². The van der Waals surface area contributed by atoms with Gasteiger partial charge in [0.15, 0.2) is 12.1 Å². The highest BCUT2D eigenvalue weighted by Gasteiger charge is 2.51. The number of fused-ring (bicyclic) bond motifs is 3. The molecular formula is C41H62O10. The fourth-order valence-electron chi connectivity index (χ4n) is 8.34. The van der Waals surface area contributed by atoms with E-state index in [1.807, 2.05) is 32.1 Å². The Morgan fingerprint density at radius 3 is 2.45 bits per heavy atom. The quantitative estimate of drug-likeness (QED) is 0.235.